The third kappa shape index (κ3) is 3.56. The Bertz CT molecular complexity index is 372. The van der Waals surface area contributed by atoms with E-state index in [-0.39, 0.29) is 5.91 Å². The van der Waals surface area contributed by atoms with Crippen LogP contribution in [-0.4, -0.2) is 30.7 Å². The Balaban J connectivity index is 1.70. The molecule has 0 radical (unpaired) electrons. The maximum atomic E-state index is 11.7. The van der Waals surface area contributed by atoms with Crippen LogP contribution < -0.4 is 10.6 Å². The van der Waals surface area contributed by atoms with Gasteiger partial charge in [0.25, 0.3) is 5.91 Å². The highest BCUT2D eigenvalue weighted by Gasteiger charge is 2.28. The van der Waals surface area contributed by atoms with Crippen molar-refractivity contribution in [2.45, 2.75) is 32.1 Å². The fraction of sp³-hybridized carbons (Fsp3) is 0.667. The standard InChI is InChI=1S/C12H19N3O2/c1-2-5-13-6-7-14-12(16)10-8-11(17-15-10)9-3-4-9/h8-9,13H,2-7H2,1H3,(H,14,16). The number of hydrogen-bond acceptors (Lipinski definition) is 4. The van der Waals surface area contributed by atoms with Crippen molar-refractivity contribution in [2.75, 3.05) is 19.6 Å². The highest BCUT2D eigenvalue weighted by atomic mass is 16.5. The molecule has 0 spiro atoms. The van der Waals surface area contributed by atoms with Gasteiger partial charge in [0, 0.05) is 25.1 Å². The van der Waals surface area contributed by atoms with E-state index in [1.807, 2.05) is 0 Å². The van der Waals surface area contributed by atoms with Gasteiger partial charge in [-0.3, -0.25) is 4.79 Å². The molecular formula is C12H19N3O2. The lowest BCUT2D eigenvalue weighted by atomic mass is 10.3. The SMILES string of the molecule is CCCNCCNC(=O)c1cc(C2CC2)on1. The van der Waals surface area contributed by atoms with E-state index in [1.54, 1.807) is 6.07 Å². The van der Waals surface area contributed by atoms with Crippen LogP contribution in [0.15, 0.2) is 10.6 Å². The van der Waals surface area contributed by atoms with Crippen LogP contribution in [0.2, 0.25) is 0 Å². The predicted octanol–water partition coefficient (Wildman–Crippen LogP) is 1.28. The van der Waals surface area contributed by atoms with E-state index in [4.69, 9.17) is 4.52 Å². The fourth-order valence-electron chi connectivity index (χ4n) is 1.61. The first-order valence-corrected chi connectivity index (χ1v) is 6.26. The summed E-state index contributed by atoms with van der Waals surface area (Å²) in [7, 11) is 0. The van der Waals surface area contributed by atoms with Gasteiger partial charge in [-0.1, -0.05) is 12.1 Å². The molecule has 5 heteroatoms. The van der Waals surface area contributed by atoms with Crippen LogP contribution in [0.1, 0.15) is 48.4 Å². The maximum absolute atomic E-state index is 11.7. The summed E-state index contributed by atoms with van der Waals surface area (Å²) in [6.07, 6.45) is 3.40. The largest absolute Gasteiger partial charge is 0.360 e. The van der Waals surface area contributed by atoms with Crippen molar-refractivity contribution >= 4 is 5.91 Å². The van der Waals surface area contributed by atoms with Gasteiger partial charge in [0.1, 0.15) is 5.76 Å². The number of carbonyl (C=O) groups excluding carboxylic acids is 1. The van der Waals surface area contributed by atoms with Crippen LogP contribution in [0.4, 0.5) is 0 Å². The topological polar surface area (TPSA) is 67.2 Å². The molecule has 94 valence electrons. The van der Waals surface area contributed by atoms with E-state index in [9.17, 15) is 4.79 Å². The lowest BCUT2D eigenvalue weighted by Gasteiger charge is -2.03. The number of carbonyl (C=O) groups is 1. The maximum Gasteiger partial charge on any atom is 0.273 e. The molecule has 2 N–H and O–H groups in total. The third-order valence-corrected chi connectivity index (χ3v) is 2.75. The van der Waals surface area contributed by atoms with E-state index >= 15 is 0 Å². The number of nitrogens with zero attached hydrogens (tertiary/aromatic N) is 1. The second-order valence-electron chi connectivity index (χ2n) is 4.39. The quantitative estimate of drug-likeness (QED) is 0.701. The molecule has 0 aliphatic heterocycles. The lowest BCUT2D eigenvalue weighted by Crippen LogP contribution is -2.32. The van der Waals surface area contributed by atoms with Crippen molar-refractivity contribution in [3.05, 3.63) is 17.5 Å². The first kappa shape index (κ1) is 12.1. The number of aromatic nitrogens is 1. The molecule has 2 rings (SSSR count). The Hall–Kier alpha value is -1.36. The molecule has 1 fully saturated rings. The summed E-state index contributed by atoms with van der Waals surface area (Å²) < 4.78 is 5.13. The molecule has 1 aromatic heterocycles. The van der Waals surface area contributed by atoms with Crippen LogP contribution in [0.5, 0.6) is 0 Å². The molecule has 0 saturated heterocycles. The van der Waals surface area contributed by atoms with Gasteiger partial charge in [0.15, 0.2) is 5.69 Å². The average molecular weight is 237 g/mol. The van der Waals surface area contributed by atoms with Gasteiger partial charge >= 0.3 is 0 Å². The van der Waals surface area contributed by atoms with Crippen LogP contribution in [0, 0.1) is 0 Å². The lowest BCUT2D eigenvalue weighted by molar-refractivity contribution is 0.0945. The van der Waals surface area contributed by atoms with Crippen molar-refractivity contribution in [1.29, 1.82) is 0 Å². The highest BCUT2D eigenvalue weighted by molar-refractivity contribution is 5.92. The van der Waals surface area contributed by atoms with Crippen molar-refractivity contribution < 1.29 is 9.32 Å². The number of amides is 1. The van der Waals surface area contributed by atoms with Gasteiger partial charge in [0.2, 0.25) is 0 Å². The minimum absolute atomic E-state index is 0.154. The summed E-state index contributed by atoms with van der Waals surface area (Å²) in [4.78, 5) is 11.7. The molecule has 0 aromatic carbocycles. The molecule has 1 amide bonds. The summed E-state index contributed by atoms with van der Waals surface area (Å²) in [5.41, 5.74) is 0.391. The van der Waals surface area contributed by atoms with Gasteiger partial charge in [-0.25, -0.2) is 0 Å². The second-order valence-corrected chi connectivity index (χ2v) is 4.39. The van der Waals surface area contributed by atoms with Crippen LogP contribution in [-0.2, 0) is 0 Å². The second kappa shape index (κ2) is 5.82. The van der Waals surface area contributed by atoms with Crippen LogP contribution >= 0.6 is 0 Å². The van der Waals surface area contributed by atoms with Gasteiger partial charge in [-0.15, -0.1) is 0 Å². The van der Waals surface area contributed by atoms with Crippen molar-refractivity contribution in [1.82, 2.24) is 15.8 Å². The molecule has 0 unspecified atom stereocenters. The Kier molecular flexibility index (Phi) is 4.14. The van der Waals surface area contributed by atoms with Gasteiger partial charge in [-0.2, -0.15) is 0 Å². The van der Waals surface area contributed by atoms with Gasteiger partial charge in [0.05, 0.1) is 0 Å². The number of nitrogens with one attached hydrogen (secondary N) is 2. The van der Waals surface area contributed by atoms with E-state index in [2.05, 4.69) is 22.7 Å². The Morgan fingerprint density at radius 3 is 3.00 bits per heavy atom. The zero-order chi connectivity index (χ0) is 12.1. The number of rotatable bonds is 7. The molecule has 1 saturated carbocycles. The van der Waals surface area contributed by atoms with E-state index in [1.165, 1.54) is 0 Å². The molecular weight excluding hydrogens is 218 g/mol. The summed E-state index contributed by atoms with van der Waals surface area (Å²) in [5, 5.41) is 9.81. The van der Waals surface area contributed by atoms with Crippen molar-refractivity contribution in [3.63, 3.8) is 0 Å². The van der Waals surface area contributed by atoms with E-state index in [0.717, 1.165) is 38.1 Å². The smallest absolute Gasteiger partial charge is 0.273 e. The van der Waals surface area contributed by atoms with Gasteiger partial charge in [-0.05, 0) is 25.8 Å². The monoisotopic (exact) mass is 237 g/mol. The molecule has 1 aliphatic carbocycles. The third-order valence-electron chi connectivity index (χ3n) is 2.75. The molecule has 1 aromatic rings. The predicted molar refractivity (Wildman–Crippen MR) is 64.0 cm³/mol. The molecule has 17 heavy (non-hydrogen) atoms. The van der Waals surface area contributed by atoms with E-state index < -0.39 is 0 Å². The molecule has 5 nitrogen and oxygen atoms in total. The minimum Gasteiger partial charge on any atom is -0.360 e. The highest BCUT2D eigenvalue weighted by Crippen LogP contribution is 2.40. The van der Waals surface area contributed by atoms with Crippen LogP contribution in [0.3, 0.4) is 0 Å². The van der Waals surface area contributed by atoms with Gasteiger partial charge < -0.3 is 15.2 Å². The molecule has 1 heterocycles. The summed E-state index contributed by atoms with van der Waals surface area (Å²) in [6.45, 7) is 4.49. The summed E-state index contributed by atoms with van der Waals surface area (Å²) in [5.74, 6) is 1.19. The summed E-state index contributed by atoms with van der Waals surface area (Å²) in [6, 6.07) is 1.76. The Labute approximate surface area is 101 Å². The van der Waals surface area contributed by atoms with E-state index in [0.29, 0.717) is 18.2 Å². The zero-order valence-electron chi connectivity index (χ0n) is 10.2. The van der Waals surface area contributed by atoms with Crippen LogP contribution in [0.25, 0.3) is 0 Å². The van der Waals surface area contributed by atoms with Crippen molar-refractivity contribution in [2.24, 2.45) is 0 Å². The van der Waals surface area contributed by atoms with Crippen molar-refractivity contribution in [3.8, 4) is 0 Å². The average Bonchev–Trinajstić information content (AvgIpc) is 3.07. The first-order chi connectivity index (χ1) is 8.31. The number of hydrogen-bond donors (Lipinski definition) is 2. The normalized spacial score (nSPS) is 14.9. The molecule has 0 atom stereocenters. The Morgan fingerprint density at radius 2 is 2.29 bits per heavy atom. The minimum atomic E-state index is -0.154. The molecule has 0 bridgehead atoms. The summed E-state index contributed by atoms with van der Waals surface area (Å²) >= 11 is 0. The first-order valence-electron chi connectivity index (χ1n) is 6.26. The fourth-order valence-corrected chi connectivity index (χ4v) is 1.61. The molecule has 1 aliphatic rings. The Morgan fingerprint density at radius 1 is 1.47 bits per heavy atom. The zero-order valence-corrected chi connectivity index (χ0v) is 10.2.